The first kappa shape index (κ1) is 11.5. The van der Waals surface area contributed by atoms with E-state index < -0.39 is 5.97 Å². The second-order valence-corrected chi connectivity index (χ2v) is 3.28. The maximum absolute atomic E-state index is 10.9. The van der Waals surface area contributed by atoms with E-state index >= 15 is 0 Å². The van der Waals surface area contributed by atoms with Crippen molar-refractivity contribution in [1.29, 1.82) is 5.26 Å². The summed E-state index contributed by atoms with van der Waals surface area (Å²) in [5, 5.41) is 17.6. The number of hydrogen-bond donors (Lipinski definition) is 1. The molecule has 0 aromatic carbocycles. The molecule has 2 aromatic heterocycles. The zero-order valence-electron chi connectivity index (χ0n) is 9.07. The first-order chi connectivity index (χ1) is 8.70. The monoisotopic (exact) mass is 241 g/mol. The summed E-state index contributed by atoms with van der Waals surface area (Å²) >= 11 is 0. The van der Waals surface area contributed by atoms with Crippen LogP contribution >= 0.6 is 0 Å². The standard InChI is InChI=1S/C12H7N3O3/c13-5-8-1-2-11(15-6-8)18-10-7-14-4-3-9(10)12(16)17/h1-4,6-7H,(H,16,17). The van der Waals surface area contributed by atoms with Gasteiger partial charge in [-0.15, -0.1) is 0 Å². The van der Waals surface area contributed by atoms with Crippen molar-refractivity contribution in [2.24, 2.45) is 0 Å². The Hall–Kier alpha value is -2.94. The van der Waals surface area contributed by atoms with Gasteiger partial charge in [0.25, 0.3) is 0 Å². The quantitative estimate of drug-likeness (QED) is 0.880. The first-order valence-electron chi connectivity index (χ1n) is 4.92. The number of carboxylic acid groups (broad SMARTS) is 1. The van der Waals surface area contributed by atoms with Crippen molar-refractivity contribution in [2.75, 3.05) is 0 Å². The molecular weight excluding hydrogens is 234 g/mol. The second kappa shape index (κ2) is 4.93. The van der Waals surface area contributed by atoms with E-state index in [1.807, 2.05) is 6.07 Å². The fraction of sp³-hybridized carbons (Fsp3) is 0. The largest absolute Gasteiger partial charge is 0.478 e. The molecule has 0 saturated carbocycles. The molecule has 1 N–H and O–H groups in total. The Bertz CT molecular complexity index is 617. The maximum Gasteiger partial charge on any atom is 0.339 e. The third-order valence-electron chi connectivity index (χ3n) is 2.09. The molecule has 0 aliphatic rings. The molecule has 6 heteroatoms. The van der Waals surface area contributed by atoms with Crippen LogP contribution in [0.3, 0.4) is 0 Å². The Morgan fingerprint density at radius 2 is 2.17 bits per heavy atom. The maximum atomic E-state index is 10.9. The molecule has 0 aliphatic carbocycles. The summed E-state index contributed by atoms with van der Waals surface area (Å²) in [6.07, 6.45) is 4.00. The molecule has 2 heterocycles. The Morgan fingerprint density at radius 3 is 2.78 bits per heavy atom. The van der Waals surface area contributed by atoms with Gasteiger partial charge in [0.05, 0.1) is 11.8 Å². The average molecular weight is 241 g/mol. The summed E-state index contributed by atoms with van der Waals surface area (Å²) in [5.74, 6) is -0.812. The van der Waals surface area contributed by atoms with Gasteiger partial charge in [-0.3, -0.25) is 4.98 Å². The fourth-order valence-electron chi connectivity index (χ4n) is 1.26. The van der Waals surface area contributed by atoms with Gasteiger partial charge in [0.15, 0.2) is 5.75 Å². The van der Waals surface area contributed by atoms with E-state index in [1.54, 1.807) is 0 Å². The molecule has 0 fully saturated rings. The molecule has 2 aromatic rings. The van der Waals surface area contributed by atoms with Gasteiger partial charge in [-0.1, -0.05) is 0 Å². The van der Waals surface area contributed by atoms with Gasteiger partial charge < -0.3 is 9.84 Å². The highest BCUT2D eigenvalue weighted by atomic mass is 16.5. The molecule has 0 unspecified atom stereocenters. The third kappa shape index (κ3) is 2.41. The van der Waals surface area contributed by atoms with Crippen LogP contribution in [0.1, 0.15) is 15.9 Å². The summed E-state index contributed by atoms with van der Waals surface area (Å²) in [6.45, 7) is 0. The van der Waals surface area contributed by atoms with Gasteiger partial charge in [0.2, 0.25) is 5.88 Å². The number of pyridine rings is 2. The van der Waals surface area contributed by atoms with Crippen molar-refractivity contribution in [3.8, 4) is 17.7 Å². The third-order valence-corrected chi connectivity index (χ3v) is 2.09. The normalized spacial score (nSPS) is 9.50. The minimum absolute atomic E-state index is 0.00356. The van der Waals surface area contributed by atoms with Gasteiger partial charge in [0.1, 0.15) is 11.6 Å². The molecule has 0 aliphatic heterocycles. The van der Waals surface area contributed by atoms with Gasteiger partial charge >= 0.3 is 5.97 Å². The highest BCUT2D eigenvalue weighted by Crippen LogP contribution is 2.22. The SMILES string of the molecule is N#Cc1ccc(Oc2cnccc2C(=O)O)nc1. The van der Waals surface area contributed by atoms with E-state index in [-0.39, 0.29) is 17.2 Å². The van der Waals surface area contributed by atoms with Crippen molar-refractivity contribution in [3.63, 3.8) is 0 Å². The fourth-order valence-corrected chi connectivity index (χ4v) is 1.26. The lowest BCUT2D eigenvalue weighted by Crippen LogP contribution is -2.01. The van der Waals surface area contributed by atoms with E-state index in [1.165, 1.54) is 36.8 Å². The lowest BCUT2D eigenvalue weighted by Gasteiger charge is -2.06. The summed E-state index contributed by atoms with van der Waals surface area (Å²) in [5.41, 5.74) is 0.392. The Balaban J connectivity index is 2.28. The van der Waals surface area contributed by atoms with Crippen LogP contribution in [-0.4, -0.2) is 21.0 Å². The number of hydrogen-bond acceptors (Lipinski definition) is 5. The van der Waals surface area contributed by atoms with Crippen molar-refractivity contribution >= 4 is 5.97 Å². The molecule has 0 spiro atoms. The van der Waals surface area contributed by atoms with Crippen LogP contribution in [0.5, 0.6) is 11.6 Å². The van der Waals surface area contributed by atoms with Crippen molar-refractivity contribution in [3.05, 3.63) is 47.9 Å². The predicted octanol–water partition coefficient (Wildman–Crippen LogP) is 1.84. The Labute approximate surface area is 102 Å². The smallest absolute Gasteiger partial charge is 0.339 e. The molecule has 6 nitrogen and oxygen atoms in total. The number of nitriles is 1. The van der Waals surface area contributed by atoms with Gasteiger partial charge in [-0.2, -0.15) is 5.26 Å². The lowest BCUT2D eigenvalue weighted by atomic mass is 10.2. The molecule has 0 saturated heterocycles. The zero-order valence-corrected chi connectivity index (χ0v) is 9.07. The number of nitrogens with zero attached hydrogens (tertiary/aromatic N) is 3. The number of rotatable bonds is 3. The van der Waals surface area contributed by atoms with Crippen LogP contribution in [0.4, 0.5) is 0 Å². The molecule has 0 radical (unpaired) electrons. The minimum Gasteiger partial charge on any atom is -0.478 e. The van der Waals surface area contributed by atoms with E-state index in [4.69, 9.17) is 15.1 Å². The van der Waals surface area contributed by atoms with E-state index in [2.05, 4.69) is 9.97 Å². The molecule has 0 bridgehead atoms. The van der Waals surface area contributed by atoms with Crippen molar-refractivity contribution < 1.29 is 14.6 Å². The Morgan fingerprint density at radius 1 is 1.33 bits per heavy atom. The van der Waals surface area contributed by atoms with E-state index in [0.717, 1.165) is 0 Å². The van der Waals surface area contributed by atoms with Crippen LogP contribution in [0.2, 0.25) is 0 Å². The highest BCUT2D eigenvalue weighted by molar-refractivity contribution is 5.90. The molecular formula is C12H7N3O3. The van der Waals surface area contributed by atoms with Crippen molar-refractivity contribution in [2.45, 2.75) is 0 Å². The Kier molecular flexibility index (Phi) is 3.16. The van der Waals surface area contributed by atoms with Crippen LogP contribution in [0.15, 0.2) is 36.8 Å². The van der Waals surface area contributed by atoms with Crippen LogP contribution in [-0.2, 0) is 0 Å². The number of carbonyl (C=O) groups is 1. The molecule has 18 heavy (non-hydrogen) atoms. The summed E-state index contributed by atoms with van der Waals surface area (Å²) < 4.78 is 5.31. The minimum atomic E-state index is -1.11. The predicted molar refractivity (Wildman–Crippen MR) is 60.2 cm³/mol. The van der Waals surface area contributed by atoms with Crippen LogP contribution in [0.25, 0.3) is 0 Å². The number of aromatic nitrogens is 2. The number of ether oxygens (including phenoxy) is 1. The summed E-state index contributed by atoms with van der Waals surface area (Å²) in [7, 11) is 0. The summed E-state index contributed by atoms with van der Waals surface area (Å²) in [4.78, 5) is 18.6. The van der Waals surface area contributed by atoms with Gasteiger partial charge in [0, 0.05) is 18.5 Å². The lowest BCUT2D eigenvalue weighted by molar-refractivity contribution is 0.0694. The number of aromatic carboxylic acids is 1. The van der Waals surface area contributed by atoms with Gasteiger partial charge in [-0.05, 0) is 12.1 Å². The first-order valence-corrected chi connectivity index (χ1v) is 4.92. The molecule has 88 valence electrons. The number of carboxylic acids is 1. The summed E-state index contributed by atoms with van der Waals surface area (Å²) in [6, 6.07) is 6.27. The average Bonchev–Trinajstić information content (AvgIpc) is 2.40. The van der Waals surface area contributed by atoms with E-state index in [0.29, 0.717) is 5.56 Å². The highest BCUT2D eigenvalue weighted by Gasteiger charge is 2.12. The topological polar surface area (TPSA) is 96.1 Å². The zero-order chi connectivity index (χ0) is 13.0. The van der Waals surface area contributed by atoms with Crippen LogP contribution in [0, 0.1) is 11.3 Å². The van der Waals surface area contributed by atoms with Gasteiger partial charge in [-0.25, -0.2) is 9.78 Å². The molecule has 0 atom stereocenters. The second-order valence-electron chi connectivity index (χ2n) is 3.28. The van der Waals surface area contributed by atoms with Crippen molar-refractivity contribution in [1.82, 2.24) is 9.97 Å². The van der Waals surface area contributed by atoms with E-state index in [9.17, 15) is 4.79 Å². The molecule has 2 rings (SSSR count). The molecule has 0 amide bonds. The van der Waals surface area contributed by atoms with Crippen LogP contribution < -0.4 is 4.74 Å².